The van der Waals surface area contributed by atoms with Crippen LogP contribution in [0.3, 0.4) is 0 Å². The fourth-order valence-electron chi connectivity index (χ4n) is 1.58. The monoisotopic (exact) mass is 249 g/mol. The van der Waals surface area contributed by atoms with Crippen molar-refractivity contribution in [3.63, 3.8) is 0 Å². The summed E-state index contributed by atoms with van der Waals surface area (Å²) in [6.45, 7) is 1.51. The van der Waals surface area contributed by atoms with Crippen molar-refractivity contribution < 1.29 is 4.39 Å². The molecule has 2 aromatic rings. The van der Waals surface area contributed by atoms with E-state index >= 15 is 0 Å². The van der Waals surface area contributed by atoms with Gasteiger partial charge in [0.25, 0.3) is 0 Å². The van der Waals surface area contributed by atoms with Gasteiger partial charge in [-0.25, -0.2) is 4.39 Å². The molecular formula is C14H13ClFN. The van der Waals surface area contributed by atoms with E-state index in [0.29, 0.717) is 11.4 Å². The Morgan fingerprint density at radius 3 is 2.35 bits per heavy atom. The molecule has 0 amide bonds. The minimum atomic E-state index is -0.977. The standard InChI is InChI=1S/C14H13ClFN/c1-10(16)13-6-7-14(17-9-13)12-4-2-11(8-15)3-5-12/h2-7,9-10H,8H2,1H3/t10-/m1/s1. The maximum Gasteiger partial charge on any atom is 0.124 e. The number of hydrogen-bond acceptors (Lipinski definition) is 1. The molecular weight excluding hydrogens is 237 g/mol. The van der Waals surface area contributed by atoms with Gasteiger partial charge in [-0.1, -0.05) is 30.3 Å². The van der Waals surface area contributed by atoms with Crippen LogP contribution in [0.1, 0.15) is 24.2 Å². The number of nitrogens with zero attached hydrogens (tertiary/aromatic N) is 1. The molecule has 0 N–H and O–H groups in total. The highest BCUT2D eigenvalue weighted by Gasteiger charge is 2.04. The summed E-state index contributed by atoms with van der Waals surface area (Å²) in [5, 5.41) is 0. The van der Waals surface area contributed by atoms with Crippen LogP contribution in [0.4, 0.5) is 4.39 Å². The Labute approximate surface area is 105 Å². The summed E-state index contributed by atoms with van der Waals surface area (Å²) in [5.74, 6) is 0.506. The fourth-order valence-corrected chi connectivity index (χ4v) is 1.75. The molecule has 17 heavy (non-hydrogen) atoms. The van der Waals surface area contributed by atoms with E-state index in [1.807, 2.05) is 30.3 Å². The van der Waals surface area contributed by atoms with E-state index in [-0.39, 0.29) is 0 Å². The van der Waals surface area contributed by atoms with E-state index in [2.05, 4.69) is 4.98 Å². The van der Waals surface area contributed by atoms with Gasteiger partial charge in [-0.05, 0) is 18.6 Å². The molecule has 0 unspecified atom stereocenters. The van der Waals surface area contributed by atoms with Gasteiger partial charge >= 0.3 is 0 Å². The summed E-state index contributed by atoms with van der Waals surface area (Å²) in [7, 11) is 0. The van der Waals surface area contributed by atoms with Gasteiger partial charge in [0.05, 0.1) is 5.69 Å². The highest BCUT2D eigenvalue weighted by atomic mass is 35.5. The minimum Gasteiger partial charge on any atom is -0.256 e. The summed E-state index contributed by atoms with van der Waals surface area (Å²) in [6, 6.07) is 11.5. The average Bonchev–Trinajstić information content (AvgIpc) is 2.39. The van der Waals surface area contributed by atoms with E-state index in [1.165, 1.54) is 6.92 Å². The largest absolute Gasteiger partial charge is 0.256 e. The summed E-state index contributed by atoms with van der Waals surface area (Å²) >= 11 is 5.72. The van der Waals surface area contributed by atoms with Crippen LogP contribution in [0.25, 0.3) is 11.3 Å². The Kier molecular flexibility index (Phi) is 3.75. The van der Waals surface area contributed by atoms with Crippen LogP contribution in [0, 0.1) is 0 Å². The molecule has 1 heterocycles. The first kappa shape index (κ1) is 12.1. The van der Waals surface area contributed by atoms with Crippen molar-refractivity contribution in [1.29, 1.82) is 0 Å². The van der Waals surface area contributed by atoms with Crippen LogP contribution in [0.15, 0.2) is 42.6 Å². The third-order valence-corrected chi connectivity index (χ3v) is 2.96. The van der Waals surface area contributed by atoms with Crippen molar-refractivity contribution in [2.45, 2.75) is 19.0 Å². The molecule has 0 radical (unpaired) electrons. The second kappa shape index (κ2) is 5.28. The lowest BCUT2D eigenvalue weighted by Gasteiger charge is -2.05. The molecule has 1 nitrogen and oxygen atoms in total. The summed E-state index contributed by atoms with van der Waals surface area (Å²) < 4.78 is 13.0. The number of halogens is 2. The summed E-state index contributed by atoms with van der Waals surface area (Å²) in [4.78, 5) is 4.25. The summed E-state index contributed by atoms with van der Waals surface area (Å²) in [6.07, 6.45) is 0.602. The number of benzene rings is 1. The first-order chi connectivity index (χ1) is 8.20. The van der Waals surface area contributed by atoms with Crippen molar-refractivity contribution in [1.82, 2.24) is 4.98 Å². The van der Waals surface area contributed by atoms with E-state index < -0.39 is 6.17 Å². The van der Waals surface area contributed by atoms with E-state index in [9.17, 15) is 4.39 Å². The Morgan fingerprint density at radius 1 is 1.18 bits per heavy atom. The lowest BCUT2D eigenvalue weighted by Crippen LogP contribution is -1.89. The highest BCUT2D eigenvalue weighted by Crippen LogP contribution is 2.21. The third-order valence-electron chi connectivity index (χ3n) is 2.65. The van der Waals surface area contributed by atoms with Crippen molar-refractivity contribution in [2.75, 3.05) is 0 Å². The molecule has 1 aromatic heterocycles. The van der Waals surface area contributed by atoms with E-state index in [4.69, 9.17) is 11.6 Å². The van der Waals surface area contributed by atoms with Gasteiger partial charge in [0.15, 0.2) is 0 Å². The van der Waals surface area contributed by atoms with Gasteiger partial charge < -0.3 is 0 Å². The van der Waals surface area contributed by atoms with Crippen LogP contribution in [-0.4, -0.2) is 4.98 Å². The maximum absolute atomic E-state index is 13.0. The number of rotatable bonds is 3. The van der Waals surface area contributed by atoms with Crippen molar-refractivity contribution in [3.05, 3.63) is 53.7 Å². The lowest BCUT2D eigenvalue weighted by atomic mass is 10.1. The molecule has 0 fully saturated rings. The minimum absolute atomic E-state index is 0.506. The molecule has 1 atom stereocenters. The van der Waals surface area contributed by atoms with Gasteiger partial charge in [0, 0.05) is 23.2 Å². The quantitative estimate of drug-likeness (QED) is 0.729. The normalized spacial score (nSPS) is 12.4. The number of alkyl halides is 2. The zero-order valence-corrected chi connectivity index (χ0v) is 10.3. The van der Waals surface area contributed by atoms with Gasteiger partial charge in [-0.15, -0.1) is 11.6 Å². The smallest absolute Gasteiger partial charge is 0.124 e. The van der Waals surface area contributed by atoms with Gasteiger partial charge in [-0.3, -0.25) is 4.98 Å². The van der Waals surface area contributed by atoms with Gasteiger partial charge in [0.1, 0.15) is 6.17 Å². The SMILES string of the molecule is C[C@@H](F)c1ccc(-c2ccc(CCl)cc2)nc1. The van der Waals surface area contributed by atoms with E-state index in [1.54, 1.807) is 12.3 Å². The molecule has 0 spiro atoms. The number of aromatic nitrogens is 1. The molecule has 0 aliphatic rings. The Balaban J connectivity index is 2.26. The van der Waals surface area contributed by atoms with Gasteiger partial charge in [0.2, 0.25) is 0 Å². The molecule has 0 saturated heterocycles. The molecule has 1 aromatic carbocycles. The zero-order chi connectivity index (χ0) is 12.3. The second-order valence-electron chi connectivity index (χ2n) is 3.92. The van der Waals surface area contributed by atoms with Crippen LogP contribution in [0.2, 0.25) is 0 Å². The molecule has 0 aliphatic carbocycles. The number of hydrogen-bond donors (Lipinski definition) is 0. The van der Waals surface area contributed by atoms with Crippen LogP contribution in [0.5, 0.6) is 0 Å². The van der Waals surface area contributed by atoms with Crippen LogP contribution in [-0.2, 0) is 5.88 Å². The molecule has 0 bridgehead atoms. The lowest BCUT2D eigenvalue weighted by molar-refractivity contribution is 0.373. The van der Waals surface area contributed by atoms with Crippen molar-refractivity contribution in [3.8, 4) is 11.3 Å². The molecule has 3 heteroatoms. The topological polar surface area (TPSA) is 12.9 Å². The Morgan fingerprint density at radius 2 is 1.88 bits per heavy atom. The number of pyridine rings is 1. The summed E-state index contributed by atoms with van der Waals surface area (Å²) in [5.41, 5.74) is 3.53. The predicted octanol–water partition coefficient (Wildman–Crippen LogP) is 4.52. The first-order valence-corrected chi connectivity index (χ1v) is 5.99. The maximum atomic E-state index is 13.0. The van der Waals surface area contributed by atoms with Crippen LogP contribution < -0.4 is 0 Å². The second-order valence-corrected chi connectivity index (χ2v) is 4.19. The van der Waals surface area contributed by atoms with Crippen LogP contribution >= 0.6 is 11.6 Å². The molecule has 88 valence electrons. The van der Waals surface area contributed by atoms with Crippen molar-refractivity contribution >= 4 is 11.6 Å². The fraction of sp³-hybridized carbons (Fsp3) is 0.214. The molecule has 2 rings (SSSR count). The third kappa shape index (κ3) is 2.83. The zero-order valence-electron chi connectivity index (χ0n) is 9.53. The molecule has 0 aliphatic heterocycles. The van der Waals surface area contributed by atoms with E-state index in [0.717, 1.165) is 16.8 Å². The van der Waals surface area contributed by atoms with Crippen molar-refractivity contribution in [2.24, 2.45) is 0 Å². The molecule has 0 saturated carbocycles. The van der Waals surface area contributed by atoms with Gasteiger partial charge in [-0.2, -0.15) is 0 Å². The average molecular weight is 250 g/mol. The Bertz CT molecular complexity index is 477. The highest BCUT2D eigenvalue weighted by molar-refractivity contribution is 6.17. The predicted molar refractivity (Wildman–Crippen MR) is 68.8 cm³/mol. The first-order valence-electron chi connectivity index (χ1n) is 5.46. The Hall–Kier alpha value is -1.41.